The predicted molar refractivity (Wildman–Crippen MR) is 75.8 cm³/mol. The van der Waals surface area contributed by atoms with Gasteiger partial charge in [0.15, 0.2) is 0 Å². The van der Waals surface area contributed by atoms with Crippen LogP contribution in [0.1, 0.15) is 55.8 Å². The average molecular weight is 247 g/mol. The van der Waals surface area contributed by atoms with Gasteiger partial charge in [-0.05, 0) is 55.7 Å². The molecule has 0 fully saturated rings. The van der Waals surface area contributed by atoms with Gasteiger partial charge in [-0.3, -0.25) is 0 Å². The van der Waals surface area contributed by atoms with Crippen molar-refractivity contribution in [3.8, 4) is 0 Å². The maximum Gasteiger partial charge on any atom is 0.0584 e. The first kappa shape index (κ1) is 13.6. The number of fused-ring (bicyclic) bond motifs is 1. The van der Waals surface area contributed by atoms with Crippen LogP contribution in [0.4, 0.5) is 0 Å². The molecule has 0 bridgehead atoms. The van der Waals surface area contributed by atoms with Crippen LogP contribution in [-0.4, -0.2) is 17.8 Å². The fourth-order valence-corrected chi connectivity index (χ4v) is 2.77. The summed E-state index contributed by atoms with van der Waals surface area (Å²) in [6.45, 7) is 4.50. The molecule has 2 N–H and O–H groups in total. The molecule has 1 unspecified atom stereocenters. The Morgan fingerprint density at radius 1 is 1.22 bits per heavy atom. The summed E-state index contributed by atoms with van der Waals surface area (Å²) in [7, 11) is 0. The Hall–Kier alpha value is -0.860. The number of aryl methyl sites for hydroxylation is 2. The van der Waals surface area contributed by atoms with Gasteiger partial charge in [0.05, 0.1) is 6.61 Å². The van der Waals surface area contributed by atoms with Crippen LogP contribution in [0, 0.1) is 0 Å². The number of aliphatic hydroxyl groups excluding tert-OH is 1. The van der Waals surface area contributed by atoms with E-state index in [4.69, 9.17) is 0 Å². The fraction of sp³-hybridized carbons (Fsp3) is 0.625. The van der Waals surface area contributed by atoms with Gasteiger partial charge in [-0.15, -0.1) is 0 Å². The molecule has 2 rings (SSSR count). The monoisotopic (exact) mass is 247 g/mol. The van der Waals surface area contributed by atoms with Gasteiger partial charge >= 0.3 is 0 Å². The standard InChI is InChI=1S/C16H25NO/c1-3-16(11-18)17-12(2)14-9-8-13-6-4-5-7-15(13)10-14/h8-10,12,16-18H,3-7,11H2,1-2H3/t12?,16-/m0/s1. The molecule has 0 saturated carbocycles. The van der Waals surface area contributed by atoms with Gasteiger partial charge in [-0.25, -0.2) is 0 Å². The summed E-state index contributed by atoms with van der Waals surface area (Å²) in [6.07, 6.45) is 6.10. The summed E-state index contributed by atoms with van der Waals surface area (Å²) in [5, 5.41) is 12.7. The first-order chi connectivity index (χ1) is 8.74. The minimum absolute atomic E-state index is 0.205. The zero-order chi connectivity index (χ0) is 13.0. The Labute approximate surface area is 110 Å². The lowest BCUT2D eigenvalue weighted by molar-refractivity contribution is 0.230. The Morgan fingerprint density at radius 2 is 1.94 bits per heavy atom. The number of benzene rings is 1. The summed E-state index contributed by atoms with van der Waals surface area (Å²) in [4.78, 5) is 0. The highest BCUT2D eigenvalue weighted by molar-refractivity contribution is 5.35. The second-order valence-corrected chi connectivity index (χ2v) is 5.41. The molecule has 1 aromatic carbocycles. The highest BCUT2D eigenvalue weighted by Gasteiger charge is 2.14. The van der Waals surface area contributed by atoms with Gasteiger partial charge in [-0.1, -0.05) is 25.1 Å². The summed E-state index contributed by atoms with van der Waals surface area (Å²) in [5.41, 5.74) is 4.42. The quantitative estimate of drug-likeness (QED) is 0.838. The maximum absolute atomic E-state index is 9.25. The zero-order valence-corrected chi connectivity index (χ0v) is 11.6. The minimum Gasteiger partial charge on any atom is -0.395 e. The van der Waals surface area contributed by atoms with E-state index >= 15 is 0 Å². The topological polar surface area (TPSA) is 32.3 Å². The largest absolute Gasteiger partial charge is 0.395 e. The third-order valence-corrected chi connectivity index (χ3v) is 4.07. The number of hydrogen-bond acceptors (Lipinski definition) is 2. The van der Waals surface area contributed by atoms with Gasteiger partial charge in [-0.2, -0.15) is 0 Å². The fourth-order valence-electron chi connectivity index (χ4n) is 2.77. The Morgan fingerprint density at radius 3 is 2.61 bits per heavy atom. The first-order valence-electron chi connectivity index (χ1n) is 7.23. The van der Waals surface area contributed by atoms with Gasteiger partial charge in [0.25, 0.3) is 0 Å². The third kappa shape index (κ3) is 3.12. The normalized spacial score (nSPS) is 18.2. The molecule has 0 amide bonds. The van der Waals surface area contributed by atoms with Crippen LogP contribution in [0.2, 0.25) is 0 Å². The van der Waals surface area contributed by atoms with Crippen molar-refractivity contribution in [1.29, 1.82) is 0 Å². The van der Waals surface area contributed by atoms with Crippen molar-refractivity contribution in [2.45, 2.75) is 58.0 Å². The second kappa shape index (κ2) is 6.35. The van der Waals surface area contributed by atoms with Crippen LogP contribution in [0.15, 0.2) is 18.2 Å². The molecule has 0 spiro atoms. The predicted octanol–water partition coefficient (Wildman–Crippen LogP) is 2.99. The van der Waals surface area contributed by atoms with E-state index in [-0.39, 0.29) is 12.6 Å². The highest BCUT2D eigenvalue weighted by Crippen LogP contribution is 2.25. The summed E-state index contributed by atoms with van der Waals surface area (Å²) < 4.78 is 0. The minimum atomic E-state index is 0.205. The van der Waals surface area contributed by atoms with Crippen molar-refractivity contribution >= 4 is 0 Å². The molecule has 1 aliphatic rings. The molecule has 0 aliphatic heterocycles. The van der Waals surface area contributed by atoms with E-state index in [9.17, 15) is 5.11 Å². The van der Waals surface area contributed by atoms with E-state index in [1.807, 2.05) is 0 Å². The Bertz CT molecular complexity index is 385. The van der Waals surface area contributed by atoms with E-state index in [0.29, 0.717) is 6.04 Å². The van der Waals surface area contributed by atoms with Crippen LogP contribution in [0.5, 0.6) is 0 Å². The number of aliphatic hydroxyl groups is 1. The summed E-state index contributed by atoms with van der Waals surface area (Å²) in [5.74, 6) is 0. The number of rotatable bonds is 5. The zero-order valence-electron chi connectivity index (χ0n) is 11.6. The van der Waals surface area contributed by atoms with Gasteiger partial charge in [0.2, 0.25) is 0 Å². The smallest absolute Gasteiger partial charge is 0.0584 e. The lowest BCUT2D eigenvalue weighted by Gasteiger charge is -2.23. The lowest BCUT2D eigenvalue weighted by atomic mass is 9.89. The van der Waals surface area contributed by atoms with Gasteiger partial charge < -0.3 is 10.4 Å². The van der Waals surface area contributed by atoms with Crippen LogP contribution < -0.4 is 5.32 Å². The Balaban J connectivity index is 2.08. The molecule has 1 aromatic rings. The molecular weight excluding hydrogens is 222 g/mol. The maximum atomic E-state index is 9.25. The molecule has 18 heavy (non-hydrogen) atoms. The molecule has 0 radical (unpaired) electrons. The van der Waals surface area contributed by atoms with Crippen LogP contribution in [0.25, 0.3) is 0 Å². The molecule has 1 aliphatic carbocycles. The van der Waals surface area contributed by atoms with E-state index in [0.717, 1.165) is 6.42 Å². The summed E-state index contributed by atoms with van der Waals surface area (Å²) >= 11 is 0. The number of nitrogens with one attached hydrogen (secondary N) is 1. The van der Waals surface area contributed by atoms with Crippen LogP contribution >= 0.6 is 0 Å². The molecule has 100 valence electrons. The first-order valence-corrected chi connectivity index (χ1v) is 7.23. The molecule has 2 atom stereocenters. The number of hydrogen-bond donors (Lipinski definition) is 2. The molecule has 0 aromatic heterocycles. The van der Waals surface area contributed by atoms with Gasteiger partial charge in [0, 0.05) is 12.1 Å². The van der Waals surface area contributed by atoms with Crippen molar-refractivity contribution in [2.75, 3.05) is 6.61 Å². The average Bonchev–Trinajstić information content (AvgIpc) is 2.44. The highest BCUT2D eigenvalue weighted by atomic mass is 16.3. The third-order valence-electron chi connectivity index (χ3n) is 4.07. The summed E-state index contributed by atoms with van der Waals surface area (Å²) in [6, 6.07) is 7.41. The molecule has 0 heterocycles. The van der Waals surface area contributed by atoms with E-state index in [2.05, 4.69) is 37.4 Å². The van der Waals surface area contributed by atoms with E-state index in [1.54, 1.807) is 0 Å². The molecular formula is C16H25NO. The molecule has 2 nitrogen and oxygen atoms in total. The van der Waals surface area contributed by atoms with Gasteiger partial charge in [0.1, 0.15) is 0 Å². The lowest BCUT2D eigenvalue weighted by Crippen LogP contribution is -2.34. The van der Waals surface area contributed by atoms with Crippen LogP contribution in [0.3, 0.4) is 0 Å². The second-order valence-electron chi connectivity index (χ2n) is 5.41. The SMILES string of the molecule is CC[C@@H](CO)NC(C)c1ccc2c(c1)CCCC2. The Kier molecular flexibility index (Phi) is 4.79. The van der Waals surface area contributed by atoms with Crippen molar-refractivity contribution in [3.63, 3.8) is 0 Å². The van der Waals surface area contributed by atoms with E-state index < -0.39 is 0 Å². The molecule has 0 saturated heterocycles. The van der Waals surface area contributed by atoms with Crippen molar-refractivity contribution in [2.24, 2.45) is 0 Å². The molecule has 2 heteroatoms. The van der Waals surface area contributed by atoms with E-state index in [1.165, 1.54) is 42.4 Å². The van der Waals surface area contributed by atoms with Crippen LogP contribution in [-0.2, 0) is 12.8 Å². The van der Waals surface area contributed by atoms with Crippen molar-refractivity contribution in [3.05, 3.63) is 34.9 Å². The van der Waals surface area contributed by atoms with Crippen molar-refractivity contribution < 1.29 is 5.11 Å². The van der Waals surface area contributed by atoms with Crippen molar-refractivity contribution in [1.82, 2.24) is 5.32 Å².